The van der Waals surface area contributed by atoms with Crippen LogP contribution in [0.4, 0.5) is 0 Å². The summed E-state index contributed by atoms with van der Waals surface area (Å²) in [4.78, 5) is 0. The molecule has 0 amide bonds. The van der Waals surface area contributed by atoms with Gasteiger partial charge in [-0.15, -0.1) is 0 Å². The molecule has 14 heavy (non-hydrogen) atoms. The molecular formula is C9H28O2Si3. The zero-order chi connectivity index (χ0) is 10.5. The van der Waals surface area contributed by atoms with Gasteiger partial charge in [0.1, 0.15) is 0 Å². The average molecular weight is 253 g/mol. The molecule has 0 radical (unpaired) electrons. The van der Waals surface area contributed by atoms with Crippen LogP contribution in [0.3, 0.4) is 0 Å². The summed E-state index contributed by atoms with van der Waals surface area (Å²) in [5, 5.41) is 0. The Labute approximate surface area is 94.6 Å². The van der Waals surface area contributed by atoms with E-state index in [1.54, 1.807) is 0 Å². The molecule has 0 heterocycles. The summed E-state index contributed by atoms with van der Waals surface area (Å²) < 4.78 is 11.4. The van der Waals surface area contributed by atoms with Crippen LogP contribution in [-0.4, -0.2) is 33.5 Å². The summed E-state index contributed by atoms with van der Waals surface area (Å²) in [6.45, 7) is 11.4. The third kappa shape index (κ3) is 9.14. The Morgan fingerprint density at radius 3 is 2.00 bits per heavy atom. The number of hydrogen-bond donors (Lipinski definition) is 0. The van der Waals surface area contributed by atoms with Gasteiger partial charge in [-0.3, -0.25) is 0 Å². The molecule has 2 nitrogen and oxygen atoms in total. The summed E-state index contributed by atoms with van der Waals surface area (Å²) in [6, 6.07) is 2.55. The van der Waals surface area contributed by atoms with Crippen LogP contribution in [0.5, 0.6) is 0 Å². The third-order valence-electron chi connectivity index (χ3n) is 2.21. The molecule has 0 rings (SSSR count). The first kappa shape index (κ1) is 17.0. The van der Waals surface area contributed by atoms with E-state index in [0.717, 1.165) is 0 Å². The van der Waals surface area contributed by atoms with Gasteiger partial charge >= 0.3 is 0 Å². The van der Waals surface area contributed by atoms with Crippen LogP contribution in [0.1, 0.15) is 7.43 Å². The number of rotatable bonds is 6. The van der Waals surface area contributed by atoms with E-state index >= 15 is 0 Å². The Morgan fingerprint density at radius 2 is 1.64 bits per heavy atom. The Morgan fingerprint density at radius 1 is 1.14 bits per heavy atom. The van der Waals surface area contributed by atoms with Gasteiger partial charge in [0, 0.05) is 7.11 Å². The van der Waals surface area contributed by atoms with Crippen molar-refractivity contribution in [2.45, 2.75) is 52.2 Å². The highest BCUT2D eigenvalue weighted by molar-refractivity contribution is 6.73. The smallest absolute Gasteiger partial charge is 0.186 e. The molecule has 0 N–H and O–H groups in total. The first-order valence-electron chi connectivity index (χ1n) is 5.08. The Balaban J connectivity index is 0. The van der Waals surface area contributed by atoms with Crippen LogP contribution in [0.2, 0.25) is 44.8 Å². The van der Waals surface area contributed by atoms with Crippen molar-refractivity contribution in [2.75, 3.05) is 7.11 Å². The van der Waals surface area contributed by atoms with Crippen LogP contribution in [0.25, 0.3) is 0 Å². The van der Waals surface area contributed by atoms with Crippen molar-refractivity contribution in [1.29, 1.82) is 0 Å². The van der Waals surface area contributed by atoms with Crippen LogP contribution in [0.15, 0.2) is 0 Å². The summed E-state index contributed by atoms with van der Waals surface area (Å²) in [6.07, 6.45) is 0. The van der Waals surface area contributed by atoms with Gasteiger partial charge in [0.15, 0.2) is 26.4 Å². The summed E-state index contributed by atoms with van der Waals surface area (Å²) in [5.74, 6) is 0. The van der Waals surface area contributed by atoms with Crippen molar-refractivity contribution >= 4 is 26.4 Å². The molecule has 0 aliphatic rings. The van der Waals surface area contributed by atoms with Crippen molar-refractivity contribution < 1.29 is 8.54 Å². The lowest BCUT2D eigenvalue weighted by atomic mass is 10.9. The van der Waals surface area contributed by atoms with E-state index in [1.807, 2.05) is 7.11 Å². The van der Waals surface area contributed by atoms with Crippen molar-refractivity contribution in [3.63, 3.8) is 0 Å². The molecular weight excluding hydrogens is 224 g/mol. The monoisotopic (exact) mass is 252 g/mol. The second kappa shape index (κ2) is 7.81. The standard InChI is InChI=1S/C8H24O2Si3.CH4/c1-9-13(5,6)8-7-12(4)10-11(2)3;/h11-12H,7-8H2,1-6H3;1H4. The molecule has 0 aliphatic heterocycles. The Hall–Kier alpha value is 0.571. The Kier molecular flexibility index (Phi) is 9.47. The van der Waals surface area contributed by atoms with Crippen molar-refractivity contribution in [3.05, 3.63) is 0 Å². The SMILES string of the molecule is C.CO[Si](C)(C)CC[SiH](C)O[SiH](C)C. The zero-order valence-electron chi connectivity index (χ0n) is 9.89. The lowest BCUT2D eigenvalue weighted by Gasteiger charge is -2.22. The van der Waals surface area contributed by atoms with Gasteiger partial charge in [0.05, 0.1) is 0 Å². The molecule has 1 unspecified atom stereocenters. The number of hydrogen-bond acceptors (Lipinski definition) is 2. The first-order valence-corrected chi connectivity index (χ1v) is 13.4. The molecule has 0 saturated carbocycles. The minimum atomic E-state index is -1.32. The molecule has 0 bridgehead atoms. The normalized spacial score (nSPS) is 13.9. The largest absolute Gasteiger partial charge is 0.461 e. The molecule has 0 aromatic rings. The van der Waals surface area contributed by atoms with Crippen LogP contribution in [-0.2, 0) is 8.54 Å². The molecule has 0 spiro atoms. The lowest BCUT2D eigenvalue weighted by molar-refractivity contribution is 0.404. The van der Waals surface area contributed by atoms with E-state index in [9.17, 15) is 0 Å². The Bertz CT molecular complexity index is 140. The summed E-state index contributed by atoms with van der Waals surface area (Å²) in [5.41, 5.74) is 0. The van der Waals surface area contributed by atoms with Crippen molar-refractivity contribution in [2.24, 2.45) is 0 Å². The minimum absolute atomic E-state index is 0. The van der Waals surface area contributed by atoms with Gasteiger partial charge < -0.3 is 8.54 Å². The van der Waals surface area contributed by atoms with Crippen molar-refractivity contribution in [1.82, 2.24) is 0 Å². The first-order chi connectivity index (χ1) is 5.87. The maximum absolute atomic E-state index is 5.93. The van der Waals surface area contributed by atoms with Gasteiger partial charge in [-0.2, -0.15) is 0 Å². The van der Waals surface area contributed by atoms with Crippen LogP contribution < -0.4 is 0 Å². The molecule has 88 valence electrons. The van der Waals surface area contributed by atoms with E-state index in [0.29, 0.717) is 0 Å². The molecule has 0 saturated heterocycles. The van der Waals surface area contributed by atoms with Gasteiger partial charge in [-0.1, -0.05) is 7.43 Å². The maximum atomic E-state index is 5.93. The average Bonchev–Trinajstić information content (AvgIpc) is 2.00. The molecule has 0 aromatic carbocycles. The predicted octanol–water partition coefficient (Wildman–Crippen LogP) is 2.83. The zero-order valence-corrected chi connectivity index (χ0v) is 13.2. The second-order valence-electron chi connectivity index (χ2n) is 4.50. The minimum Gasteiger partial charge on any atom is -0.461 e. The molecule has 0 aromatic heterocycles. The van der Waals surface area contributed by atoms with E-state index < -0.39 is 26.4 Å². The van der Waals surface area contributed by atoms with Crippen LogP contribution >= 0.6 is 0 Å². The molecule has 0 fully saturated rings. The quantitative estimate of drug-likeness (QED) is 0.677. The van der Waals surface area contributed by atoms with Crippen molar-refractivity contribution in [3.8, 4) is 0 Å². The van der Waals surface area contributed by atoms with E-state index in [1.165, 1.54) is 12.1 Å². The topological polar surface area (TPSA) is 18.5 Å². The highest BCUT2D eigenvalue weighted by Gasteiger charge is 2.22. The molecule has 5 heteroatoms. The maximum Gasteiger partial charge on any atom is 0.186 e. The van der Waals surface area contributed by atoms with E-state index in [-0.39, 0.29) is 7.43 Å². The lowest BCUT2D eigenvalue weighted by Crippen LogP contribution is -2.31. The molecule has 1 atom stereocenters. The van der Waals surface area contributed by atoms with Gasteiger partial charge in [0.25, 0.3) is 0 Å². The fraction of sp³-hybridized carbons (Fsp3) is 1.00. The van der Waals surface area contributed by atoms with E-state index in [4.69, 9.17) is 8.54 Å². The molecule has 0 aliphatic carbocycles. The second-order valence-corrected chi connectivity index (χ2v) is 14.3. The summed E-state index contributed by atoms with van der Waals surface area (Å²) in [7, 11) is -1.12. The predicted molar refractivity (Wildman–Crippen MR) is 73.8 cm³/mol. The van der Waals surface area contributed by atoms with Crippen LogP contribution in [0, 0.1) is 0 Å². The highest BCUT2D eigenvalue weighted by Crippen LogP contribution is 2.15. The summed E-state index contributed by atoms with van der Waals surface area (Å²) >= 11 is 0. The van der Waals surface area contributed by atoms with Gasteiger partial charge in [-0.25, -0.2) is 0 Å². The van der Waals surface area contributed by atoms with Gasteiger partial charge in [-0.05, 0) is 44.8 Å². The highest BCUT2D eigenvalue weighted by atomic mass is 28.4. The fourth-order valence-corrected chi connectivity index (χ4v) is 10.1. The third-order valence-corrected chi connectivity index (χ3v) is 10.5. The van der Waals surface area contributed by atoms with Gasteiger partial charge in [0.2, 0.25) is 0 Å². The fourth-order valence-electron chi connectivity index (χ4n) is 1.19. The van der Waals surface area contributed by atoms with E-state index in [2.05, 4.69) is 32.7 Å².